The molecular formula is C16H10ClNOS. The third-order valence-electron chi connectivity index (χ3n) is 3.48. The van der Waals surface area contributed by atoms with Crippen molar-refractivity contribution in [2.24, 2.45) is 0 Å². The van der Waals surface area contributed by atoms with E-state index in [-0.39, 0.29) is 0 Å². The van der Waals surface area contributed by atoms with Gasteiger partial charge in [-0.25, -0.2) is 4.98 Å². The number of ether oxygens (including phenoxy) is 1. The molecule has 0 amide bonds. The summed E-state index contributed by atoms with van der Waals surface area (Å²) in [4.78, 5) is 4.50. The Hall–Kier alpha value is -1.84. The van der Waals surface area contributed by atoms with Crippen molar-refractivity contribution >= 4 is 54.0 Å². The van der Waals surface area contributed by atoms with Crippen LogP contribution in [0.5, 0.6) is 5.75 Å². The number of hydrogen-bond donors (Lipinski definition) is 0. The summed E-state index contributed by atoms with van der Waals surface area (Å²) in [6.45, 7) is 0. The number of thiophene rings is 1. The molecule has 4 rings (SSSR count). The van der Waals surface area contributed by atoms with Crippen molar-refractivity contribution < 1.29 is 4.74 Å². The van der Waals surface area contributed by atoms with E-state index >= 15 is 0 Å². The fraction of sp³-hybridized carbons (Fsp3) is 0.0625. The van der Waals surface area contributed by atoms with Crippen LogP contribution in [0.1, 0.15) is 0 Å². The monoisotopic (exact) mass is 299 g/mol. The summed E-state index contributed by atoms with van der Waals surface area (Å²) in [6.07, 6.45) is 0. The molecule has 0 radical (unpaired) electrons. The molecule has 2 aromatic carbocycles. The number of nitrogens with zero attached hydrogens (tertiary/aromatic N) is 1. The molecule has 4 heteroatoms. The summed E-state index contributed by atoms with van der Waals surface area (Å²) in [5.41, 5.74) is 0.866. The van der Waals surface area contributed by atoms with Crippen molar-refractivity contribution in [3.8, 4) is 5.75 Å². The summed E-state index contributed by atoms with van der Waals surface area (Å²) < 4.78 is 7.54. The second-order valence-electron chi connectivity index (χ2n) is 4.59. The van der Waals surface area contributed by atoms with Crippen molar-refractivity contribution in [2.45, 2.75) is 0 Å². The Morgan fingerprint density at radius 1 is 1.10 bits per heavy atom. The van der Waals surface area contributed by atoms with E-state index in [2.05, 4.69) is 29.2 Å². The molecule has 0 N–H and O–H groups in total. The average molecular weight is 300 g/mol. The Morgan fingerprint density at radius 2 is 1.95 bits per heavy atom. The van der Waals surface area contributed by atoms with E-state index in [0.717, 1.165) is 21.4 Å². The molecule has 20 heavy (non-hydrogen) atoms. The first-order valence-electron chi connectivity index (χ1n) is 6.22. The van der Waals surface area contributed by atoms with Gasteiger partial charge in [-0.15, -0.1) is 11.3 Å². The van der Waals surface area contributed by atoms with Crippen LogP contribution in [0.3, 0.4) is 0 Å². The number of aromatic nitrogens is 1. The van der Waals surface area contributed by atoms with Gasteiger partial charge in [0.25, 0.3) is 0 Å². The Morgan fingerprint density at radius 3 is 2.80 bits per heavy atom. The Balaban J connectivity index is 2.27. The van der Waals surface area contributed by atoms with E-state index in [1.165, 1.54) is 15.5 Å². The van der Waals surface area contributed by atoms with Gasteiger partial charge < -0.3 is 4.74 Å². The molecule has 2 heterocycles. The molecule has 0 bridgehead atoms. The number of hydrogen-bond acceptors (Lipinski definition) is 3. The summed E-state index contributed by atoms with van der Waals surface area (Å²) in [6, 6.07) is 14.3. The molecule has 0 aliphatic heterocycles. The summed E-state index contributed by atoms with van der Waals surface area (Å²) in [5, 5.41) is 4.08. The van der Waals surface area contributed by atoms with E-state index in [0.29, 0.717) is 5.15 Å². The quantitative estimate of drug-likeness (QED) is 0.447. The lowest BCUT2D eigenvalue weighted by molar-refractivity contribution is 0.415. The molecule has 4 aromatic rings. The van der Waals surface area contributed by atoms with Crippen molar-refractivity contribution in [1.82, 2.24) is 4.98 Å². The molecule has 0 aliphatic rings. The van der Waals surface area contributed by atoms with Crippen LogP contribution in [0.4, 0.5) is 0 Å². The zero-order valence-electron chi connectivity index (χ0n) is 10.7. The highest BCUT2D eigenvalue weighted by molar-refractivity contribution is 7.26. The number of pyridine rings is 1. The number of fused-ring (bicyclic) bond motifs is 5. The Labute approximate surface area is 124 Å². The standard InChI is InChI=1S/C16H10ClNOS/c1-19-9-6-7-10-12(8-9)18-16(17)15-14(10)11-4-2-3-5-13(11)20-15/h2-8H,1H3. The van der Waals surface area contributed by atoms with Crippen LogP contribution in [0.15, 0.2) is 42.5 Å². The number of rotatable bonds is 1. The van der Waals surface area contributed by atoms with Crippen LogP contribution in [-0.2, 0) is 0 Å². The van der Waals surface area contributed by atoms with Gasteiger partial charge in [0.15, 0.2) is 0 Å². The van der Waals surface area contributed by atoms with Gasteiger partial charge in [0.2, 0.25) is 0 Å². The fourth-order valence-electron chi connectivity index (χ4n) is 2.56. The molecule has 2 nitrogen and oxygen atoms in total. The minimum Gasteiger partial charge on any atom is -0.497 e. The Kier molecular flexibility index (Phi) is 2.59. The van der Waals surface area contributed by atoms with Gasteiger partial charge in [-0.3, -0.25) is 0 Å². The highest BCUT2D eigenvalue weighted by atomic mass is 35.5. The van der Waals surface area contributed by atoms with Crippen molar-refractivity contribution in [1.29, 1.82) is 0 Å². The number of methoxy groups -OCH3 is 1. The third kappa shape index (κ3) is 1.60. The maximum absolute atomic E-state index is 6.36. The molecule has 0 fully saturated rings. The second kappa shape index (κ2) is 4.33. The molecule has 0 atom stereocenters. The van der Waals surface area contributed by atoms with Crippen molar-refractivity contribution in [3.05, 3.63) is 47.6 Å². The first-order chi connectivity index (χ1) is 9.78. The van der Waals surface area contributed by atoms with Crippen LogP contribution >= 0.6 is 22.9 Å². The van der Waals surface area contributed by atoms with Crippen molar-refractivity contribution in [2.75, 3.05) is 7.11 Å². The van der Waals surface area contributed by atoms with Crippen LogP contribution < -0.4 is 4.74 Å². The molecule has 2 aromatic heterocycles. The van der Waals surface area contributed by atoms with Gasteiger partial charge in [-0.1, -0.05) is 29.8 Å². The smallest absolute Gasteiger partial charge is 0.147 e. The minimum absolute atomic E-state index is 0.557. The van der Waals surface area contributed by atoms with E-state index in [1.54, 1.807) is 18.4 Å². The van der Waals surface area contributed by atoms with Gasteiger partial charge in [0.1, 0.15) is 10.9 Å². The van der Waals surface area contributed by atoms with Gasteiger partial charge in [-0.05, 0) is 18.2 Å². The SMILES string of the molecule is COc1ccc2c(c1)nc(Cl)c1sc3ccccc3c12. The van der Waals surface area contributed by atoms with E-state index in [1.807, 2.05) is 18.2 Å². The molecule has 0 saturated heterocycles. The van der Waals surface area contributed by atoms with E-state index in [4.69, 9.17) is 16.3 Å². The van der Waals surface area contributed by atoms with E-state index < -0.39 is 0 Å². The Bertz CT molecular complexity index is 961. The van der Waals surface area contributed by atoms with Gasteiger partial charge in [-0.2, -0.15) is 0 Å². The third-order valence-corrected chi connectivity index (χ3v) is 5.04. The normalized spacial score (nSPS) is 11.5. The predicted octanol–water partition coefficient (Wildman–Crippen LogP) is 5.26. The maximum atomic E-state index is 6.36. The lowest BCUT2D eigenvalue weighted by Crippen LogP contribution is -1.85. The largest absolute Gasteiger partial charge is 0.497 e. The molecule has 98 valence electrons. The minimum atomic E-state index is 0.557. The topological polar surface area (TPSA) is 22.1 Å². The zero-order chi connectivity index (χ0) is 13.7. The van der Waals surface area contributed by atoms with Crippen LogP contribution in [0, 0.1) is 0 Å². The summed E-state index contributed by atoms with van der Waals surface area (Å²) in [5.74, 6) is 0.792. The predicted molar refractivity (Wildman–Crippen MR) is 86.2 cm³/mol. The molecule has 0 aliphatic carbocycles. The van der Waals surface area contributed by atoms with Gasteiger partial charge >= 0.3 is 0 Å². The zero-order valence-corrected chi connectivity index (χ0v) is 12.3. The maximum Gasteiger partial charge on any atom is 0.147 e. The fourth-order valence-corrected chi connectivity index (χ4v) is 3.96. The summed E-state index contributed by atoms with van der Waals surface area (Å²) >= 11 is 8.05. The van der Waals surface area contributed by atoms with Crippen LogP contribution in [0.2, 0.25) is 5.15 Å². The van der Waals surface area contributed by atoms with Gasteiger partial charge in [0, 0.05) is 26.9 Å². The molecule has 0 saturated carbocycles. The van der Waals surface area contributed by atoms with E-state index in [9.17, 15) is 0 Å². The van der Waals surface area contributed by atoms with Crippen LogP contribution in [-0.4, -0.2) is 12.1 Å². The highest BCUT2D eigenvalue weighted by Gasteiger charge is 2.13. The first-order valence-corrected chi connectivity index (χ1v) is 7.42. The lowest BCUT2D eigenvalue weighted by Gasteiger charge is -2.04. The average Bonchev–Trinajstić information content (AvgIpc) is 2.87. The van der Waals surface area contributed by atoms with Crippen molar-refractivity contribution in [3.63, 3.8) is 0 Å². The number of benzene rings is 2. The molecule has 0 spiro atoms. The first kappa shape index (κ1) is 11.9. The van der Waals surface area contributed by atoms with Crippen LogP contribution in [0.25, 0.3) is 31.1 Å². The number of halogens is 1. The lowest BCUT2D eigenvalue weighted by atomic mass is 10.1. The second-order valence-corrected chi connectivity index (χ2v) is 6.00. The molecule has 0 unspecified atom stereocenters. The summed E-state index contributed by atoms with van der Waals surface area (Å²) in [7, 11) is 1.65. The van der Waals surface area contributed by atoms with Gasteiger partial charge in [0.05, 0.1) is 17.3 Å². The molecular weight excluding hydrogens is 290 g/mol. The highest BCUT2D eigenvalue weighted by Crippen LogP contribution is 2.41.